The number of carbonyl (C=O) groups is 1. The molecule has 1 atom stereocenters. The summed E-state index contributed by atoms with van der Waals surface area (Å²) in [7, 11) is -3.80. The number of hydrogen-bond acceptors (Lipinski definition) is 4. The van der Waals surface area contributed by atoms with Crippen LogP contribution in [0.3, 0.4) is 0 Å². The molecule has 6 nitrogen and oxygen atoms in total. The maximum atomic E-state index is 12.6. The van der Waals surface area contributed by atoms with Crippen molar-refractivity contribution in [2.24, 2.45) is 5.92 Å². The van der Waals surface area contributed by atoms with Crippen LogP contribution >= 0.6 is 23.2 Å². The van der Waals surface area contributed by atoms with Gasteiger partial charge in [0.25, 0.3) is 10.0 Å². The molecule has 30 heavy (non-hydrogen) atoms. The van der Waals surface area contributed by atoms with Crippen molar-refractivity contribution in [1.82, 2.24) is 4.90 Å². The van der Waals surface area contributed by atoms with E-state index in [9.17, 15) is 13.2 Å². The first kappa shape index (κ1) is 22.9. The molecule has 1 unspecified atom stereocenters. The number of rotatable bonds is 8. The molecule has 9 heteroatoms. The van der Waals surface area contributed by atoms with Gasteiger partial charge in [-0.3, -0.25) is 9.52 Å². The summed E-state index contributed by atoms with van der Waals surface area (Å²) in [6, 6.07) is 10.9. The van der Waals surface area contributed by atoms with E-state index in [-0.39, 0.29) is 27.3 Å². The maximum absolute atomic E-state index is 12.6. The lowest BCUT2D eigenvalue weighted by molar-refractivity contribution is -0.130. The lowest BCUT2D eigenvalue weighted by atomic mass is 10.1. The number of likely N-dealkylation sites (N-methyl/N-ethyl adjacent to an activating group) is 1. The largest absolute Gasteiger partial charge is 0.381 e. The van der Waals surface area contributed by atoms with E-state index in [1.807, 2.05) is 11.8 Å². The molecule has 2 aromatic carbocycles. The fraction of sp³-hybridized carbons (Fsp3) is 0.381. The smallest absolute Gasteiger partial charge is 0.261 e. The average molecular weight is 471 g/mol. The van der Waals surface area contributed by atoms with Crippen LogP contribution in [0.1, 0.15) is 18.9 Å². The van der Waals surface area contributed by atoms with Crippen LogP contribution in [-0.4, -0.2) is 45.5 Å². The van der Waals surface area contributed by atoms with Crippen molar-refractivity contribution < 1.29 is 17.9 Å². The Balaban J connectivity index is 1.62. The summed E-state index contributed by atoms with van der Waals surface area (Å²) >= 11 is 11.8. The molecule has 0 aromatic heterocycles. The highest BCUT2D eigenvalue weighted by Crippen LogP contribution is 2.26. The Hall–Kier alpha value is -1.80. The van der Waals surface area contributed by atoms with Crippen molar-refractivity contribution in [1.29, 1.82) is 0 Å². The summed E-state index contributed by atoms with van der Waals surface area (Å²) in [5, 5.41) is 0.448. The second-order valence-electron chi connectivity index (χ2n) is 7.22. The molecule has 0 saturated carbocycles. The van der Waals surface area contributed by atoms with Gasteiger partial charge in [-0.15, -0.1) is 0 Å². The van der Waals surface area contributed by atoms with Gasteiger partial charge in [-0.05, 0) is 49.2 Å². The number of amides is 1. The minimum absolute atomic E-state index is 0.0191. The molecule has 1 heterocycles. The monoisotopic (exact) mass is 470 g/mol. The third kappa shape index (κ3) is 5.88. The fourth-order valence-corrected chi connectivity index (χ4v) is 4.73. The van der Waals surface area contributed by atoms with Crippen molar-refractivity contribution in [3.63, 3.8) is 0 Å². The Labute approximate surface area is 187 Å². The summed E-state index contributed by atoms with van der Waals surface area (Å²) in [5.74, 6) is 0.445. The van der Waals surface area contributed by atoms with Gasteiger partial charge in [0, 0.05) is 31.3 Å². The Bertz CT molecular complexity index is 991. The quantitative estimate of drug-likeness (QED) is 0.626. The lowest BCUT2D eigenvalue weighted by Crippen LogP contribution is -2.36. The normalized spacial score (nSPS) is 16.4. The highest BCUT2D eigenvalue weighted by molar-refractivity contribution is 7.92. The molecule has 1 fully saturated rings. The molecule has 0 bridgehead atoms. The summed E-state index contributed by atoms with van der Waals surface area (Å²) in [6.07, 6.45) is 1.25. The zero-order chi connectivity index (χ0) is 21.7. The maximum Gasteiger partial charge on any atom is 0.261 e. The van der Waals surface area contributed by atoms with Crippen LogP contribution in [0.5, 0.6) is 0 Å². The van der Waals surface area contributed by atoms with Gasteiger partial charge in [-0.1, -0.05) is 35.3 Å². The highest BCUT2D eigenvalue weighted by atomic mass is 35.5. The van der Waals surface area contributed by atoms with Crippen LogP contribution in [0.15, 0.2) is 47.4 Å². The first-order valence-corrected chi connectivity index (χ1v) is 11.9. The first-order valence-electron chi connectivity index (χ1n) is 9.71. The first-order chi connectivity index (χ1) is 14.3. The number of anilines is 1. The van der Waals surface area contributed by atoms with E-state index in [1.54, 1.807) is 24.3 Å². The number of nitrogens with one attached hydrogen (secondary N) is 1. The zero-order valence-electron chi connectivity index (χ0n) is 16.6. The highest BCUT2D eigenvalue weighted by Gasteiger charge is 2.22. The number of ether oxygens (including phenoxy) is 1. The second-order valence-corrected chi connectivity index (χ2v) is 9.71. The second kappa shape index (κ2) is 10.0. The fourth-order valence-electron chi connectivity index (χ4n) is 3.28. The van der Waals surface area contributed by atoms with Gasteiger partial charge in [0.05, 0.1) is 28.0 Å². The molecular weight excluding hydrogens is 447 g/mol. The van der Waals surface area contributed by atoms with E-state index in [1.165, 1.54) is 18.2 Å². The van der Waals surface area contributed by atoms with Crippen molar-refractivity contribution in [3.05, 3.63) is 58.1 Å². The topological polar surface area (TPSA) is 75.7 Å². The van der Waals surface area contributed by atoms with Crippen molar-refractivity contribution in [3.8, 4) is 0 Å². The molecule has 0 radical (unpaired) electrons. The molecule has 1 aliphatic heterocycles. The number of sulfonamides is 1. The summed E-state index contributed by atoms with van der Waals surface area (Å²) in [4.78, 5) is 14.5. The average Bonchev–Trinajstić information content (AvgIpc) is 3.22. The van der Waals surface area contributed by atoms with E-state index < -0.39 is 10.0 Å². The lowest BCUT2D eigenvalue weighted by Gasteiger charge is -2.24. The summed E-state index contributed by atoms with van der Waals surface area (Å²) in [5.41, 5.74) is 1.21. The van der Waals surface area contributed by atoms with E-state index in [4.69, 9.17) is 27.9 Å². The van der Waals surface area contributed by atoms with Crippen molar-refractivity contribution in [2.75, 3.05) is 31.0 Å². The Morgan fingerprint density at radius 2 is 1.90 bits per heavy atom. The van der Waals surface area contributed by atoms with Crippen molar-refractivity contribution >= 4 is 44.8 Å². The summed E-state index contributed by atoms with van der Waals surface area (Å²) < 4.78 is 33.0. The molecule has 1 aliphatic rings. The molecular formula is C21H24Cl2N2O4S. The predicted molar refractivity (Wildman–Crippen MR) is 119 cm³/mol. The van der Waals surface area contributed by atoms with E-state index in [0.717, 1.165) is 18.6 Å². The summed E-state index contributed by atoms with van der Waals surface area (Å²) in [6.45, 7) is 4.79. The molecule has 1 N–H and O–H groups in total. The zero-order valence-corrected chi connectivity index (χ0v) is 18.9. The third-order valence-electron chi connectivity index (χ3n) is 5.00. The van der Waals surface area contributed by atoms with E-state index in [2.05, 4.69) is 4.72 Å². The minimum atomic E-state index is -3.80. The molecule has 162 valence electrons. The van der Waals surface area contributed by atoms with Gasteiger partial charge >= 0.3 is 0 Å². The Morgan fingerprint density at radius 1 is 1.17 bits per heavy atom. The predicted octanol–water partition coefficient (Wildman–Crippen LogP) is 4.22. The van der Waals surface area contributed by atoms with Crippen LogP contribution in [0, 0.1) is 5.92 Å². The van der Waals surface area contributed by atoms with Crippen molar-refractivity contribution in [2.45, 2.75) is 24.7 Å². The number of nitrogens with zero attached hydrogens (tertiary/aromatic N) is 1. The number of carbonyl (C=O) groups excluding carboxylic acids is 1. The van der Waals surface area contributed by atoms with Crippen LogP contribution in [0.2, 0.25) is 10.0 Å². The van der Waals surface area contributed by atoms with Crippen LogP contribution < -0.4 is 4.72 Å². The number of hydrogen-bond donors (Lipinski definition) is 1. The van der Waals surface area contributed by atoms with Gasteiger partial charge in [-0.2, -0.15) is 0 Å². The van der Waals surface area contributed by atoms with Crippen LogP contribution in [0.25, 0.3) is 0 Å². The Kier molecular flexibility index (Phi) is 7.63. The third-order valence-corrected chi connectivity index (χ3v) is 7.12. The van der Waals surface area contributed by atoms with Gasteiger partial charge in [0.2, 0.25) is 5.91 Å². The molecule has 3 rings (SSSR count). The molecule has 2 aromatic rings. The van der Waals surface area contributed by atoms with Crippen LogP contribution in [-0.2, 0) is 26.0 Å². The standard InChI is InChI=1S/C21H24Cl2N2O4S/c1-2-25(13-16-9-10-29-14-16)21(26)11-15-3-5-17(6-4-15)24-30(27,28)18-7-8-19(22)20(23)12-18/h3-8,12,16,24H,2,9-11,13-14H2,1H3. The SMILES string of the molecule is CCN(CC1CCOC1)C(=O)Cc1ccc(NS(=O)(=O)c2ccc(Cl)c(Cl)c2)cc1. The number of benzene rings is 2. The van der Waals surface area contributed by atoms with Gasteiger partial charge in [0.15, 0.2) is 0 Å². The van der Waals surface area contributed by atoms with Gasteiger partial charge in [0.1, 0.15) is 0 Å². The number of halogens is 2. The van der Waals surface area contributed by atoms with Gasteiger partial charge in [-0.25, -0.2) is 8.42 Å². The molecule has 1 saturated heterocycles. The molecule has 1 amide bonds. The molecule has 0 aliphatic carbocycles. The van der Waals surface area contributed by atoms with E-state index in [0.29, 0.717) is 31.3 Å². The molecule has 0 spiro atoms. The Morgan fingerprint density at radius 3 is 2.50 bits per heavy atom. The van der Waals surface area contributed by atoms with E-state index >= 15 is 0 Å². The van der Waals surface area contributed by atoms with Crippen LogP contribution in [0.4, 0.5) is 5.69 Å². The van der Waals surface area contributed by atoms with Gasteiger partial charge < -0.3 is 9.64 Å². The minimum Gasteiger partial charge on any atom is -0.381 e.